The summed E-state index contributed by atoms with van der Waals surface area (Å²) < 4.78 is 5.64. The van der Waals surface area contributed by atoms with E-state index in [1.54, 1.807) is 11.3 Å². The van der Waals surface area contributed by atoms with Crippen LogP contribution in [0.2, 0.25) is 0 Å². The molecule has 1 aromatic carbocycles. The van der Waals surface area contributed by atoms with Gasteiger partial charge in [0.15, 0.2) is 0 Å². The van der Waals surface area contributed by atoms with Gasteiger partial charge in [0.2, 0.25) is 0 Å². The van der Waals surface area contributed by atoms with Gasteiger partial charge in [-0.2, -0.15) is 11.3 Å². The summed E-state index contributed by atoms with van der Waals surface area (Å²) in [6, 6.07) is 12.6. The summed E-state index contributed by atoms with van der Waals surface area (Å²) in [5.74, 6) is 0.948. The third-order valence-corrected chi connectivity index (χ3v) is 3.53. The van der Waals surface area contributed by atoms with Gasteiger partial charge in [0, 0.05) is 6.04 Å². The van der Waals surface area contributed by atoms with Crippen LogP contribution in [0.5, 0.6) is 5.75 Å². The fourth-order valence-electron chi connectivity index (χ4n) is 1.74. The molecular weight excluding hydrogens is 242 g/mol. The summed E-state index contributed by atoms with van der Waals surface area (Å²) in [6.45, 7) is 3.93. The molecule has 0 fully saturated rings. The maximum absolute atomic E-state index is 5.64. The Hall–Kier alpha value is -1.32. The highest BCUT2D eigenvalue weighted by atomic mass is 32.1. The van der Waals surface area contributed by atoms with Crippen molar-refractivity contribution in [3.63, 3.8) is 0 Å². The van der Waals surface area contributed by atoms with E-state index >= 15 is 0 Å². The van der Waals surface area contributed by atoms with Crippen LogP contribution in [0.15, 0.2) is 47.2 Å². The van der Waals surface area contributed by atoms with Gasteiger partial charge in [-0.05, 0) is 54.4 Å². The molecule has 2 rings (SSSR count). The molecule has 0 aliphatic carbocycles. The van der Waals surface area contributed by atoms with Crippen molar-refractivity contribution in [3.05, 3.63) is 52.7 Å². The summed E-state index contributed by atoms with van der Waals surface area (Å²) >= 11 is 1.74. The highest BCUT2D eigenvalue weighted by molar-refractivity contribution is 7.07. The topological polar surface area (TPSA) is 21.3 Å². The van der Waals surface area contributed by atoms with Crippen LogP contribution < -0.4 is 10.1 Å². The zero-order valence-electron chi connectivity index (χ0n) is 10.6. The Morgan fingerprint density at radius 1 is 1.22 bits per heavy atom. The smallest absolute Gasteiger partial charge is 0.119 e. The van der Waals surface area contributed by atoms with E-state index in [4.69, 9.17) is 4.74 Å². The molecule has 0 aliphatic heterocycles. The summed E-state index contributed by atoms with van der Waals surface area (Å²) in [5.41, 5.74) is 1.36. The van der Waals surface area contributed by atoms with Gasteiger partial charge in [-0.15, -0.1) is 0 Å². The zero-order valence-corrected chi connectivity index (χ0v) is 11.5. The van der Waals surface area contributed by atoms with Crippen LogP contribution >= 0.6 is 11.3 Å². The molecule has 3 heteroatoms. The zero-order chi connectivity index (χ0) is 12.6. The minimum Gasteiger partial charge on any atom is -0.494 e. The fraction of sp³-hybridized carbons (Fsp3) is 0.333. The minimum atomic E-state index is 0.424. The van der Waals surface area contributed by atoms with E-state index in [-0.39, 0.29) is 0 Å². The number of hydrogen-bond donors (Lipinski definition) is 1. The number of para-hydroxylation sites is 1. The highest BCUT2D eigenvalue weighted by Gasteiger charge is 2.03. The first kappa shape index (κ1) is 13.1. The van der Waals surface area contributed by atoms with Gasteiger partial charge in [-0.25, -0.2) is 0 Å². The molecule has 2 nitrogen and oxygen atoms in total. The largest absolute Gasteiger partial charge is 0.494 e. The Balaban J connectivity index is 1.59. The Morgan fingerprint density at radius 3 is 2.78 bits per heavy atom. The monoisotopic (exact) mass is 261 g/mol. The molecule has 0 amide bonds. The lowest BCUT2D eigenvalue weighted by molar-refractivity contribution is 0.305. The third-order valence-electron chi connectivity index (χ3n) is 2.83. The van der Waals surface area contributed by atoms with Crippen molar-refractivity contribution in [1.82, 2.24) is 5.32 Å². The molecule has 0 spiro atoms. The summed E-state index contributed by atoms with van der Waals surface area (Å²) in [6.07, 6.45) is 1.02. The first-order valence-electron chi connectivity index (χ1n) is 6.29. The standard InChI is InChI=1S/C15H19NOS/c1-13(14-8-11-18-12-14)16-9-5-10-17-15-6-3-2-4-7-15/h2-4,6-8,11-13,16H,5,9-10H2,1H3. The summed E-state index contributed by atoms with van der Waals surface area (Å²) in [7, 11) is 0. The maximum Gasteiger partial charge on any atom is 0.119 e. The van der Waals surface area contributed by atoms with E-state index in [2.05, 4.69) is 29.1 Å². The van der Waals surface area contributed by atoms with Gasteiger partial charge in [0.1, 0.15) is 5.75 Å². The van der Waals surface area contributed by atoms with Crippen LogP contribution in [-0.4, -0.2) is 13.2 Å². The Labute approximate surface area is 113 Å². The molecule has 1 N–H and O–H groups in total. The molecule has 1 aromatic heterocycles. The van der Waals surface area contributed by atoms with Crippen molar-refractivity contribution in [2.75, 3.05) is 13.2 Å². The first-order chi connectivity index (χ1) is 8.86. The van der Waals surface area contributed by atoms with E-state index in [1.807, 2.05) is 30.3 Å². The molecule has 2 aromatic rings. The molecule has 0 bridgehead atoms. The van der Waals surface area contributed by atoms with Crippen LogP contribution in [0.4, 0.5) is 0 Å². The SMILES string of the molecule is CC(NCCCOc1ccccc1)c1ccsc1. The van der Waals surface area contributed by atoms with Gasteiger partial charge in [-0.3, -0.25) is 0 Å². The van der Waals surface area contributed by atoms with Gasteiger partial charge in [0.05, 0.1) is 6.61 Å². The second kappa shape index (κ2) is 7.19. The van der Waals surface area contributed by atoms with E-state index in [0.29, 0.717) is 6.04 Å². The number of rotatable bonds is 7. The highest BCUT2D eigenvalue weighted by Crippen LogP contribution is 2.15. The first-order valence-corrected chi connectivity index (χ1v) is 7.24. The molecule has 96 valence electrons. The molecule has 1 unspecified atom stereocenters. The predicted molar refractivity (Wildman–Crippen MR) is 77.3 cm³/mol. The van der Waals surface area contributed by atoms with Crippen molar-refractivity contribution >= 4 is 11.3 Å². The normalized spacial score (nSPS) is 12.3. The number of ether oxygens (including phenoxy) is 1. The quantitative estimate of drug-likeness (QED) is 0.764. The van der Waals surface area contributed by atoms with Crippen LogP contribution in [-0.2, 0) is 0 Å². The molecular formula is C15H19NOS. The molecule has 1 atom stereocenters. The van der Waals surface area contributed by atoms with E-state index in [9.17, 15) is 0 Å². The molecule has 1 heterocycles. The van der Waals surface area contributed by atoms with Crippen LogP contribution in [0.3, 0.4) is 0 Å². The molecule has 0 aliphatic rings. The lowest BCUT2D eigenvalue weighted by Gasteiger charge is -2.12. The number of thiophene rings is 1. The van der Waals surface area contributed by atoms with Crippen molar-refractivity contribution < 1.29 is 4.74 Å². The van der Waals surface area contributed by atoms with E-state index < -0.39 is 0 Å². The molecule has 18 heavy (non-hydrogen) atoms. The number of benzene rings is 1. The predicted octanol–water partition coefficient (Wildman–Crippen LogP) is 3.87. The van der Waals surface area contributed by atoms with E-state index in [0.717, 1.165) is 25.3 Å². The number of hydrogen-bond acceptors (Lipinski definition) is 3. The fourth-order valence-corrected chi connectivity index (χ4v) is 2.49. The van der Waals surface area contributed by atoms with Crippen LogP contribution in [0.25, 0.3) is 0 Å². The molecule has 0 radical (unpaired) electrons. The van der Waals surface area contributed by atoms with Crippen LogP contribution in [0, 0.1) is 0 Å². The van der Waals surface area contributed by atoms with Gasteiger partial charge >= 0.3 is 0 Å². The Morgan fingerprint density at radius 2 is 2.06 bits per heavy atom. The van der Waals surface area contributed by atoms with Crippen molar-refractivity contribution in [2.24, 2.45) is 0 Å². The minimum absolute atomic E-state index is 0.424. The Bertz CT molecular complexity index is 427. The average Bonchev–Trinajstić information content (AvgIpc) is 2.93. The van der Waals surface area contributed by atoms with Crippen LogP contribution in [0.1, 0.15) is 24.9 Å². The third kappa shape index (κ3) is 4.17. The molecule has 0 saturated carbocycles. The lowest BCUT2D eigenvalue weighted by atomic mass is 10.2. The average molecular weight is 261 g/mol. The number of nitrogens with one attached hydrogen (secondary N) is 1. The molecule has 0 saturated heterocycles. The second-order valence-corrected chi connectivity index (χ2v) is 5.03. The Kier molecular flexibility index (Phi) is 5.24. The van der Waals surface area contributed by atoms with Gasteiger partial charge in [0.25, 0.3) is 0 Å². The van der Waals surface area contributed by atoms with Crippen molar-refractivity contribution in [1.29, 1.82) is 0 Å². The van der Waals surface area contributed by atoms with Crippen molar-refractivity contribution in [2.45, 2.75) is 19.4 Å². The summed E-state index contributed by atoms with van der Waals surface area (Å²) in [4.78, 5) is 0. The summed E-state index contributed by atoms with van der Waals surface area (Å²) in [5, 5.41) is 7.81. The lowest BCUT2D eigenvalue weighted by Crippen LogP contribution is -2.20. The van der Waals surface area contributed by atoms with Gasteiger partial charge in [-0.1, -0.05) is 18.2 Å². The van der Waals surface area contributed by atoms with Gasteiger partial charge < -0.3 is 10.1 Å². The maximum atomic E-state index is 5.64. The van der Waals surface area contributed by atoms with E-state index in [1.165, 1.54) is 5.56 Å². The second-order valence-electron chi connectivity index (χ2n) is 4.25. The van der Waals surface area contributed by atoms with Crippen molar-refractivity contribution in [3.8, 4) is 5.75 Å².